The Labute approximate surface area is 113 Å². The zero-order valence-electron chi connectivity index (χ0n) is 10.9. The van der Waals surface area contributed by atoms with Crippen LogP contribution in [0.2, 0.25) is 0 Å². The lowest BCUT2D eigenvalue weighted by Gasteiger charge is -2.22. The maximum absolute atomic E-state index is 5.74. The highest BCUT2D eigenvalue weighted by Gasteiger charge is 2.16. The minimum absolute atomic E-state index is 0.541. The van der Waals surface area contributed by atoms with Gasteiger partial charge < -0.3 is 10.1 Å². The first-order chi connectivity index (χ1) is 9.42. The number of aromatic nitrogens is 1. The van der Waals surface area contributed by atoms with Crippen LogP contribution in [0, 0.1) is 0 Å². The molecule has 19 heavy (non-hydrogen) atoms. The van der Waals surface area contributed by atoms with Crippen molar-refractivity contribution < 1.29 is 4.74 Å². The number of nitrogens with zero attached hydrogens (tertiary/aromatic N) is 1. The molecule has 0 radical (unpaired) electrons. The summed E-state index contributed by atoms with van der Waals surface area (Å²) in [5, 5.41) is 3.42. The molecule has 3 rings (SSSR count). The van der Waals surface area contributed by atoms with Gasteiger partial charge in [0.05, 0.1) is 6.20 Å². The third-order valence-corrected chi connectivity index (χ3v) is 3.45. The van der Waals surface area contributed by atoms with Crippen LogP contribution in [0.3, 0.4) is 0 Å². The minimum Gasteiger partial charge on any atom is -0.456 e. The molecule has 3 nitrogen and oxygen atoms in total. The summed E-state index contributed by atoms with van der Waals surface area (Å²) in [5.41, 5.74) is 1.16. The molecule has 0 aliphatic carbocycles. The van der Waals surface area contributed by atoms with Gasteiger partial charge in [-0.15, -0.1) is 0 Å². The Hall–Kier alpha value is -1.87. The summed E-state index contributed by atoms with van der Waals surface area (Å²) in [4.78, 5) is 4.53. The molecule has 2 aromatic rings. The van der Waals surface area contributed by atoms with Gasteiger partial charge in [0.1, 0.15) is 11.5 Å². The zero-order valence-corrected chi connectivity index (χ0v) is 10.9. The van der Waals surface area contributed by atoms with E-state index >= 15 is 0 Å². The summed E-state index contributed by atoms with van der Waals surface area (Å²) >= 11 is 0. The maximum atomic E-state index is 5.74. The van der Waals surface area contributed by atoms with Crippen LogP contribution in [-0.2, 0) is 0 Å². The summed E-state index contributed by atoms with van der Waals surface area (Å²) in [6.45, 7) is 2.16. The molecule has 1 aliphatic rings. The smallest absolute Gasteiger partial charge is 0.145 e. The Kier molecular flexibility index (Phi) is 3.75. The Morgan fingerprint density at radius 3 is 2.63 bits per heavy atom. The molecule has 3 heteroatoms. The normalized spacial score (nSPS) is 19.1. The molecule has 1 saturated heterocycles. The lowest BCUT2D eigenvalue weighted by molar-refractivity contribution is 0.450. The summed E-state index contributed by atoms with van der Waals surface area (Å²) < 4.78 is 5.74. The Balaban J connectivity index is 1.68. The van der Waals surface area contributed by atoms with Crippen LogP contribution in [-0.4, -0.2) is 18.1 Å². The molecule has 1 aromatic carbocycles. The Morgan fingerprint density at radius 1 is 1.05 bits per heavy atom. The standard InChI is InChI=1S/C16H18N2O/c1-2-6-14(7-3-1)19-15-8-9-16(18-12-15)13-5-4-10-17-11-13/h1-3,6-9,12-13,17H,4-5,10-11H2. The van der Waals surface area contributed by atoms with Crippen molar-refractivity contribution in [3.05, 3.63) is 54.4 Å². The van der Waals surface area contributed by atoms with Gasteiger partial charge in [-0.25, -0.2) is 0 Å². The van der Waals surface area contributed by atoms with Gasteiger partial charge in [0.2, 0.25) is 0 Å². The number of benzene rings is 1. The number of piperidine rings is 1. The van der Waals surface area contributed by atoms with Crippen LogP contribution in [0.5, 0.6) is 11.5 Å². The van der Waals surface area contributed by atoms with Crippen LogP contribution in [0.4, 0.5) is 0 Å². The first-order valence-corrected chi connectivity index (χ1v) is 6.81. The van der Waals surface area contributed by atoms with Crippen molar-refractivity contribution in [2.45, 2.75) is 18.8 Å². The molecule has 1 aliphatic heterocycles. The van der Waals surface area contributed by atoms with Gasteiger partial charge in [-0.3, -0.25) is 4.98 Å². The van der Waals surface area contributed by atoms with E-state index in [1.165, 1.54) is 12.8 Å². The second-order valence-corrected chi connectivity index (χ2v) is 4.88. The quantitative estimate of drug-likeness (QED) is 0.912. The van der Waals surface area contributed by atoms with Crippen molar-refractivity contribution in [1.82, 2.24) is 10.3 Å². The average molecular weight is 254 g/mol. The van der Waals surface area contributed by atoms with E-state index in [1.807, 2.05) is 42.6 Å². The fraction of sp³-hybridized carbons (Fsp3) is 0.312. The predicted molar refractivity (Wildman–Crippen MR) is 75.6 cm³/mol. The van der Waals surface area contributed by atoms with E-state index < -0.39 is 0 Å². The third-order valence-electron chi connectivity index (χ3n) is 3.45. The van der Waals surface area contributed by atoms with E-state index in [1.54, 1.807) is 0 Å². The van der Waals surface area contributed by atoms with Gasteiger partial charge in [-0.2, -0.15) is 0 Å². The average Bonchev–Trinajstić information content (AvgIpc) is 2.50. The van der Waals surface area contributed by atoms with Gasteiger partial charge in [0.25, 0.3) is 0 Å². The van der Waals surface area contributed by atoms with Gasteiger partial charge in [0, 0.05) is 18.2 Å². The number of hydrogen-bond donors (Lipinski definition) is 1. The Bertz CT molecular complexity index is 504. The predicted octanol–water partition coefficient (Wildman–Crippen LogP) is 3.34. The minimum atomic E-state index is 0.541. The van der Waals surface area contributed by atoms with Crippen molar-refractivity contribution in [2.24, 2.45) is 0 Å². The molecule has 1 atom stereocenters. The van der Waals surface area contributed by atoms with Crippen LogP contribution in [0.15, 0.2) is 48.7 Å². The second-order valence-electron chi connectivity index (χ2n) is 4.88. The van der Waals surface area contributed by atoms with Crippen molar-refractivity contribution >= 4 is 0 Å². The van der Waals surface area contributed by atoms with Crippen molar-refractivity contribution in [3.8, 4) is 11.5 Å². The third kappa shape index (κ3) is 3.12. The molecule has 98 valence electrons. The van der Waals surface area contributed by atoms with Crippen molar-refractivity contribution in [2.75, 3.05) is 13.1 Å². The van der Waals surface area contributed by atoms with Crippen molar-refractivity contribution in [3.63, 3.8) is 0 Å². The second kappa shape index (κ2) is 5.85. The van der Waals surface area contributed by atoms with Crippen LogP contribution in [0.25, 0.3) is 0 Å². The van der Waals surface area contributed by atoms with E-state index in [2.05, 4.69) is 16.4 Å². The van der Waals surface area contributed by atoms with E-state index in [4.69, 9.17) is 4.74 Å². The SMILES string of the molecule is c1ccc(Oc2ccc(C3CCCNC3)nc2)cc1. The number of ether oxygens (including phenoxy) is 1. The maximum Gasteiger partial charge on any atom is 0.145 e. The van der Waals surface area contributed by atoms with Crippen LogP contribution >= 0.6 is 0 Å². The molecule has 0 bridgehead atoms. The number of nitrogens with one attached hydrogen (secondary N) is 1. The van der Waals surface area contributed by atoms with Crippen LogP contribution < -0.4 is 10.1 Å². The first-order valence-electron chi connectivity index (χ1n) is 6.81. The highest BCUT2D eigenvalue weighted by Crippen LogP contribution is 2.25. The Morgan fingerprint density at radius 2 is 1.95 bits per heavy atom. The van der Waals surface area contributed by atoms with Crippen LogP contribution in [0.1, 0.15) is 24.5 Å². The molecule has 1 fully saturated rings. The lowest BCUT2D eigenvalue weighted by Crippen LogP contribution is -2.28. The highest BCUT2D eigenvalue weighted by molar-refractivity contribution is 5.30. The number of para-hydroxylation sites is 1. The summed E-state index contributed by atoms with van der Waals surface area (Å²) in [6, 6.07) is 13.9. The fourth-order valence-corrected chi connectivity index (χ4v) is 2.42. The molecule has 1 unspecified atom stereocenters. The topological polar surface area (TPSA) is 34.1 Å². The van der Waals surface area contributed by atoms with E-state index in [9.17, 15) is 0 Å². The largest absolute Gasteiger partial charge is 0.456 e. The van der Waals surface area contributed by atoms with E-state index in [0.717, 1.165) is 30.3 Å². The summed E-state index contributed by atoms with van der Waals surface area (Å²) in [7, 11) is 0. The summed E-state index contributed by atoms with van der Waals surface area (Å²) in [5.74, 6) is 2.18. The van der Waals surface area contributed by atoms with E-state index in [0.29, 0.717) is 5.92 Å². The van der Waals surface area contributed by atoms with Gasteiger partial charge in [0.15, 0.2) is 0 Å². The molecular weight excluding hydrogens is 236 g/mol. The number of pyridine rings is 1. The van der Waals surface area contributed by atoms with Gasteiger partial charge in [-0.05, 0) is 43.7 Å². The van der Waals surface area contributed by atoms with Gasteiger partial charge >= 0.3 is 0 Å². The van der Waals surface area contributed by atoms with E-state index in [-0.39, 0.29) is 0 Å². The monoisotopic (exact) mass is 254 g/mol. The number of hydrogen-bond acceptors (Lipinski definition) is 3. The van der Waals surface area contributed by atoms with Crippen molar-refractivity contribution in [1.29, 1.82) is 0 Å². The summed E-state index contributed by atoms with van der Waals surface area (Å²) in [6.07, 6.45) is 4.27. The molecule has 0 spiro atoms. The zero-order chi connectivity index (χ0) is 12.9. The molecule has 1 aromatic heterocycles. The highest BCUT2D eigenvalue weighted by atomic mass is 16.5. The van der Waals surface area contributed by atoms with Gasteiger partial charge in [-0.1, -0.05) is 18.2 Å². The molecule has 0 saturated carbocycles. The molecular formula is C16H18N2O. The fourth-order valence-electron chi connectivity index (χ4n) is 2.42. The number of rotatable bonds is 3. The first kappa shape index (κ1) is 12.2. The molecule has 0 amide bonds. The molecule has 1 N–H and O–H groups in total. The molecule has 2 heterocycles. The lowest BCUT2D eigenvalue weighted by atomic mass is 9.96.